The van der Waals surface area contributed by atoms with Crippen molar-refractivity contribution in [2.45, 2.75) is 13.8 Å². The number of benzene rings is 4. The van der Waals surface area contributed by atoms with Gasteiger partial charge < -0.3 is 10.6 Å². The summed E-state index contributed by atoms with van der Waals surface area (Å²) in [5.41, 5.74) is 9.20. The number of anilines is 4. The van der Waals surface area contributed by atoms with Gasteiger partial charge in [0, 0.05) is 29.2 Å². The average Bonchev–Trinajstić information content (AvgIpc) is 2.78. The highest BCUT2D eigenvalue weighted by Crippen LogP contribution is 2.22. The summed E-state index contributed by atoms with van der Waals surface area (Å²) >= 11 is 0. The Balaban J connectivity index is 1.35. The van der Waals surface area contributed by atoms with Crippen LogP contribution in [0, 0.1) is 19.8 Å². The molecule has 0 aromatic heterocycles. The third-order valence-electron chi connectivity index (χ3n) is 5.03. The van der Waals surface area contributed by atoms with Crippen LogP contribution in [0.15, 0.2) is 97.1 Å². The highest BCUT2D eigenvalue weighted by molar-refractivity contribution is 5.62. The van der Waals surface area contributed by atoms with Crippen molar-refractivity contribution in [3.63, 3.8) is 0 Å². The molecule has 0 saturated carbocycles. The van der Waals surface area contributed by atoms with Crippen molar-refractivity contribution in [1.29, 1.82) is 0 Å². The first-order valence-electron chi connectivity index (χ1n) is 10.2. The largest absolute Gasteiger partial charge is 0.356 e. The molecule has 148 valence electrons. The average molecular weight is 391 g/mol. The van der Waals surface area contributed by atoms with E-state index >= 15 is 0 Å². The van der Waals surface area contributed by atoms with Crippen LogP contribution in [0.2, 0.25) is 0 Å². The SMILES string of the molecule is C[CH]c1ccc(Nc2ccc([CH]c3ccc(Nc4ccc(C)cc4)cc3)cc2)cc1. The Morgan fingerprint density at radius 1 is 0.467 bits per heavy atom. The summed E-state index contributed by atoms with van der Waals surface area (Å²) in [7, 11) is 0. The minimum absolute atomic E-state index is 1.08. The van der Waals surface area contributed by atoms with Crippen LogP contribution in [0.4, 0.5) is 22.7 Å². The number of nitrogens with one attached hydrogen (secondary N) is 2. The van der Waals surface area contributed by atoms with Crippen LogP contribution in [-0.2, 0) is 0 Å². The maximum Gasteiger partial charge on any atom is 0.0384 e. The van der Waals surface area contributed by atoms with Gasteiger partial charge in [0.05, 0.1) is 0 Å². The second kappa shape index (κ2) is 9.32. The summed E-state index contributed by atoms with van der Waals surface area (Å²) in [5.74, 6) is 0. The Kier molecular flexibility index (Phi) is 6.14. The fraction of sp³-hybridized carbons (Fsp3) is 0.0714. The van der Waals surface area contributed by atoms with E-state index in [0.29, 0.717) is 0 Å². The fourth-order valence-corrected chi connectivity index (χ4v) is 3.25. The standard InChI is InChI=1S/C28H26N2/c1-3-22-6-14-26(15-7-22)30-28-18-10-24(11-19-28)20-23-8-16-27(17-9-23)29-25-12-4-21(2)5-13-25/h3-20,29-30H,1-2H3. The van der Waals surface area contributed by atoms with Crippen molar-refractivity contribution in [2.75, 3.05) is 10.6 Å². The van der Waals surface area contributed by atoms with Crippen molar-refractivity contribution in [3.8, 4) is 0 Å². The van der Waals surface area contributed by atoms with Gasteiger partial charge in [-0.15, -0.1) is 0 Å². The van der Waals surface area contributed by atoms with Crippen LogP contribution in [0.25, 0.3) is 0 Å². The molecule has 0 unspecified atom stereocenters. The van der Waals surface area contributed by atoms with E-state index in [1.54, 1.807) is 0 Å². The minimum atomic E-state index is 1.08. The zero-order valence-electron chi connectivity index (χ0n) is 17.4. The van der Waals surface area contributed by atoms with Crippen molar-refractivity contribution in [2.24, 2.45) is 0 Å². The zero-order chi connectivity index (χ0) is 20.8. The molecule has 4 rings (SSSR count). The van der Waals surface area contributed by atoms with Crippen LogP contribution in [0.3, 0.4) is 0 Å². The highest BCUT2D eigenvalue weighted by atomic mass is 14.9. The predicted molar refractivity (Wildman–Crippen MR) is 129 cm³/mol. The number of hydrogen-bond acceptors (Lipinski definition) is 2. The summed E-state index contributed by atoms with van der Waals surface area (Å²) in [5, 5.41) is 6.88. The topological polar surface area (TPSA) is 24.1 Å². The van der Waals surface area contributed by atoms with Gasteiger partial charge in [0.15, 0.2) is 0 Å². The van der Waals surface area contributed by atoms with E-state index in [2.05, 4.69) is 127 Å². The van der Waals surface area contributed by atoms with Gasteiger partial charge in [-0.05, 0) is 78.6 Å². The van der Waals surface area contributed by atoms with Crippen molar-refractivity contribution < 1.29 is 0 Å². The van der Waals surface area contributed by atoms with Crippen LogP contribution in [-0.4, -0.2) is 0 Å². The van der Waals surface area contributed by atoms with Crippen LogP contribution < -0.4 is 10.6 Å². The first-order chi connectivity index (χ1) is 14.7. The molecule has 4 aromatic rings. The third kappa shape index (κ3) is 5.30. The van der Waals surface area contributed by atoms with E-state index in [1.807, 2.05) is 6.92 Å². The molecule has 0 bridgehead atoms. The quantitative estimate of drug-likeness (QED) is 0.338. The Morgan fingerprint density at radius 2 is 0.800 bits per heavy atom. The lowest BCUT2D eigenvalue weighted by molar-refractivity contribution is 1.40. The maximum atomic E-state index is 3.44. The Morgan fingerprint density at radius 3 is 1.17 bits per heavy atom. The zero-order valence-corrected chi connectivity index (χ0v) is 17.4. The molecule has 0 spiro atoms. The van der Waals surface area contributed by atoms with Gasteiger partial charge in [0.2, 0.25) is 0 Å². The lowest BCUT2D eigenvalue weighted by Crippen LogP contribution is -1.92. The Labute approximate surface area is 179 Å². The third-order valence-corrected chi connectivity index (χ3v) is 5.03. The van der Waals surface area contributed by atoms with Gasteiger partial charge >= 0.3 is 0 Å². The monoisotopic (exact) mass is 390 g/mol. The number of aryl methyl sites for hydroxylation is 1. The lowest BCUT2D eigenvalue weighted by Gasteiger charge is -2.09. The van der Waals surface area contributed by atoms with E-state index in [4.69, 9.17) is 0 Å². The van der Waals surface area contributed by atoms with Crippen molar-refractivity contribution in [3.05, 3.63) is 132 Å². The van der Waals surface area contributed by atoms with E-state index in [-0.39, 0.29) is 0 Å². The summed E-state index contributed by atoms with van der Waals surface area (Å²) in [6, 6.07) is 33.8. The summed E-state index contributed by atoms with van der Waals surface area (Å²) in [4.78, 5) is 0. The predicted octanol–water partition coefficient (Wildman–Crippen LogP) is 7.66. The molecule has 0 heterocycles. The molecule has 30 heavy (non-hydrogen) atoms. The molecular formula is C28H26N2. The molecule has 0 amide bonds. The minimum Gasteiger partial charge on any atom is -0.356 e. The van der Waals surface area contributed by atoms with Gasteiger partial charge in [0.1, 0.15) is 0 Å². The van der Waals surface area contributed by atoms with E-state index in [9.17, 15) is 0 Å². The normalized spacial score (nSPS) is 10.6. The molecule has 0 aliphatic carbocycles. The smallest absolute Gasteiger partial charge is 0.0384 e. The number of hydrogen-bond donors (Lipinski definition) is 2. The second-order valence-electron chi connectivity index (χ2n) is 7.42. The van der Waals surface area contributed by atoms with Crippen LogP contribution in [0.1, 0.15) is 29.2 Å². The van der Waals surface area contributed by atoms with Gasteiger partial charge in [-0.3, -0.25) is 0 Å². The molecule has 2 heteroatoms. The molecule has 0 aliphatic rings. The van der Waals surface area contributed by atoms with Gasteiger partial charge in [-0.1, -0.05) is 61.0 Å². The van der Waals surface area contributed by atoms with Gasteiger partial charge in [-0.2, -0.15) is 0 Å². The molecule has 2 nitrogen and oxygen atoms in total. The summed E-state index contributed by atoms with van der Waals surface area (Å²) < 4.78 is 0. The summed E-state index contributed by atoms with van der Waals surface area (Å²) in [6.07, 6.45) is 4.28. The highest BCUT2D eigenvalue weighted by Gasteiger charge is 2.01. The summed E-state index contributed by atoms with van der Waals surface area (Å²) in [6.45, 7) is 4.14. The van der Waals surface area contributed by atoms with Crippen molar-refractivity contribution in [1.82, 2.24) is 0 Å². The van der Waals surface area contributed by atoms with E-state index < -0.39 is 0 Å². The van der Waals surface area contributed by atoms with Crippen LogP contribution in [0.5, 0.6) is 0 Å². The maximum absolute atomic E-state index is 3.44. The van der Waals surface area contributed by atoms with Crippen molar-refractivity contribution >= 4 is 22.7 Å². The molecule has 4 aromatic carbocycles. The first kappa shape index (κ1) is 19.8. The number of rotatable bonds is 7. The second-order valence-corrected chi connectivity index (χ2v) is 7.42. The Hall–Kier alpha value is -3.52. The fourth-order valence-electron chi connectivity index (χ4n) is 3.25. The van der Waals surface area contributed by atoms with Gasteiger partial charge in [-0.25, -0.2) is 0 Å². The van der Waals surface area contributed by atoms with E-state index in [0.717, 1.165) is 22.7 Å². The van der Waals surface area contributed by atoms with E-state index in [1.165, 1.54) is 22.3 Å². The lowest BCUT2D eigenvalue weighted by atomic mass is 10.0. The molecule has 2 radical (unpaired) electrons. The molecule has 0 fully saturated rings. The molecule has 2 N–H and O–H groups in total. The van der Waals surface area contributed by atoms with Crippen LogP contribution >= 0.6 is 0 Å². The Bertz CT molecular complexity index is 1060. The molecule has 0 atom stereocenters. The molecule has 0 aliphatic heterocycles. The first-order valence-corrected chi connectivity index (χ1v) is 10.2. The van der Waals surface area contributed by atoms with Gasteiger partial charge in [0.25, 0.3) is 0 Å². The molecule has 0 saturated heterocycles. The molecular weight excluding hydrogens is 364 g/mol.